The SMILES string of the molecule is O=C(O)[C@H]1Cc2cc(O)c(O)cc2CN1. The number of benzene rings is 1. The number of aromatic hydroxyl groups is 2. The molecular formula is C10H11NO4. The molecule has 0 spiro atoms. The highest BCUT2D eigenvalue weighted by Crippen LogP contribution is 2.30. The number of hydrogen-bond acceptors (Lipinski definition) is 4. The van der Waals surface area contributed by atoms with Gasteiger partial charge in [0, 0.05) is 6.54 Å². The summed E-state index contributed by atoms with van der Waals surface area (Å²) >= 11 is 0. The van der Waals surface area contributed by atoms with Crippen LogP contribution in [0.4, 0.5) is 0 Å². The van der Waals surface area contributed by atoms with Gasteiger partial charge in [0.25, 0.3) is 0 Å². The van der Waals surface area contributed by atoms with E-state index in [1.165, 1.54) is 12.1 Å². The van der Waals surface area contributed by atoms with Gasteiger partial charge in [-0.2, -0.15) is 0 Å². The van der Waals surface area contributed by atoms with Gasteiger partial charge in [-0.3, -0.25) is 4.79 Å². The van der Waals surface area contributed by atoms with E-state index in [-0.39, 0.29) is 11.5 Å². The summed E-state index contributed by atoms with van der Waals surface area (Å²) in [6, 6.07) is 2.25. The molecule has 0 bridgehead atoms. The van der Waals surface area contributed by atoms with Gasteiger partial charge in [-0.1, -0.05) is 0 Å². The summed E-state index contributed by atoms with van der Waals surface area (Å²) < 4.78 is 0. The zero-order chi connectivity index (χ0) is 11.0. The lowest BCUT2D eigenvalue weighted by atomic mass is 9.95. The number of phenols is 2. The third kappa shape index (κ3) is 1.73. The fourth-order valence-electron chi connectivity index (χ4n) is 1.72. The molecule has 0 unspecified atom stereocenters. The van der Waals surface area contributed by atoms with Gasteiger partial charge < -0.3 is 20.6 Å². The quantitative estimate of drug-likeness (QED) is 0.496. The zero-order valence-corrected chi connectivity index (χ0v) is 7.90. The van der Waals surface area contributed by atoms with Crippen LogP contribution in [0.25, 0.3) is 0 Å². The summed E-state index contributed by atoms with van der Waals surface area (Å²) in [6.07, 6.45) is 0.318. The highest BCUT2D eigenvalue weighted by Gasteiger charge is 2.24. The smallest absolute Gasteiger partial charge is 0.321 e. The van der Waals surface area contributed by atoms with E-state index in [4.69, 9.17) is 5.11 Å². The first-order valence-corrected chi connectivity index (χ1v) is 4.58. The van der Waals surface area contributed by atoms with Crippen LogP contribution < -0.4 is 5.32 Å². The minimum absolute atomic E-state index is 0.177. The molecule has 1 aromatic rings. The van der Waals surface area contributed by atoms with E-state index in [2.05, 4.69) is 5.32 Å². The van der Waals surface area contributed by atoms with E-state index in [1.54, 1.807) is 0 Å². The lowest BCUT2D eigenvalue weighted by molar-refractivity contribution is -0.139. The molecule has 1 heterocycles. The normalized spacial score (nSPS) is 19.6. The van der Waals surface area contributed by atoms with E-state index in [1.807, 2.05) is 0 Å². The van der Waals surface area contributed by atoms with Crippen molar-refractivity contribution in [3.8, 4) is 11.5 Å². The maximum atomic E-state index is 10.7. The first-order chi connectivity index (χ1) is 7.08. The highest BCUT2D eigenvalue weighted by atomic mass is 16.4. The van der Waals surface area contributed by atoms with Crippen LogP contribution in [0, 0.1) is 0 Å². The number of phenolic OH excluding ortho intramolecular Hbond substituents is 2. The number of nitrogens with one attached hydrogen (secondary N) is 1. The lowest BCUT2D eigenvalue weighted by Crippen LogP contribution is -2.41. The van der Waals surface area contributed by atoms with Gasteiger partial charge in [0.2, 0.25) is 0 Å². The molecule has 15 heavy (non-hydrogen) atoms. The van der Waals surface area contributed by atoms with Crippen molar-refractivity contribution >= 4 is 5.97 Å². The molecule has 4 N–H and O–H groups in total. The minimum atomic E-state index is -0.909. The highest BCUT2D eigenvalue weighted by molar-refractivity contribution is 5.74. The largest absolute Gasteiger partial charge is 0.504 e. The van der Waals surface area contributed by atoms with E-state index < -0.39 is 12.0 Å². The second-order valence-electron chi connectivity index (χ2n) is 3.59. The van der Waals surface area contributed by atoms with Gasteiger partial charge >= 0.3 is 5.97 Å². The predicted molar refractivity (Wildman–Crippen MR) is 51.7 cm³/mol. The number of fused-ring (bicyclic) bond motifs is 1. The molecule has 1 atom stereocenters. The van der Waals surface area contributed by atoms with Crippen molar-refractivity contribution in [1.29, 1.82) is 0 Å². The summed E-state index contributed by atoms with van der Waals surface area (Å²) in [7, 11) is 0. The Hall–Kier alpha value is -1.75. The van der Waals surface area contributed by atoms with E-state index >= 15 is 0 Å². The van der Waals surface area contributed by atoms with Crippen molar-refractivity contribution in [3.05, 3.63) is 23.3 Å². The third-order valence-corrected chi connectivity index (χ3v) is 2.56. The second-order valence-corrected chi connectivity index (χ2v) is 3.59. The molecule has 1 aliphatic heterocycles. The molecule has 5 heteroatoms. The average Bonchev–Trinajstić information content (AvgIpc) is 2.19. The Labute approximate surface area is 86.0 Å². The van der Waals surface area contributed by atoms with Crippen LogP contribution in [0.2, 0.25) is 0 Å². The number of hydrogen-bond donors (Lipinski definition) is 4. The first-order valence-electron chi connectivity index (χ1n) is 4.58. The Morgan fingerprint density at radius 3 is 2.47 bits per heavy atom. The third-order valence-electron chi connectivity index (χ3n) is 2.56. The topological polar surface area (TPSA) is 89.8 Å². The van der Waals surface area contributed by atoms with Crippen LogP contribution in [0.5, 0.6) is 11.5 Å². The first kappa shape index (κ1) is 9.79. The van der Waals surface area contributed by atoms with Gasteiger partial charge in [0.05, 0.1) is 0 Å². The summed E-state index contributed by atoms with van der Waals surface area (Å²) in [5.41, 5.74) is 1.58. The van der Waals surface area contributed by atoms with Crippen molar-refractivity contribution in [3.63, 3.8) is 0 Å². The molecule has 1 aliphatic rings. The van der Waals surface area contributed by atoms with E-state index in [0.717, 1.165) is 11.1 Å². The summed E-state index contributed by atoms with van der Waals surface area (Å²) in [5.74, 6) is -1.29. The Kier molecular flexibility index (Phi) is 2.24. The van der Waals surface area contributed by atoms with E-state index in [0.29, 0.717) is 13.0 Å². The van der Waals surface area contributed by atoms with Crippen LogP contribution in [0.1, 0.15) is 11.1 Å². The van der Waals surface area contributed by atoms with Crippen molar-refractivity contribution < 1.29 is 20.1 Å². The Morgan fingerprint density at radius 2 is 1.87 bits per heavy atom. The number of rotatable bonds is 1. The fourth-order valence-corrected chi connectivity index (χ4v) is 1.72. The minimum Gasteiger partial charge on any atom is -0.504 e. The van der Waals surface area contributed by atoms with Crippen molar-refractivity contribution in [1.82, 2.24) is 5.32 Å². The number of carboxylic acids is 1. The van der Waals surface area contributed by atoms with Gasteiger partial charge in [0.1, 0.15) is 6.04 Å². The average molecular weight is 209 g/mol. The zero-order valence-electron chi connectivity index (χ0n) is 7.90. The van der Waals surface area contributed by atoms with Crippen LogP contribution in [0.3, 0.4) is 0 Å². The van der Waals surface area contributed by atoms with Crippen molar-refractivity contribution in [2.45, 2.75) is 19.0 Å². The van der Waals surface area contributed by atoms with Crippen LogP contribution in [0.15, 0.2) is 12.1 Å². The molecule has 5 nitrogen and oxygen atoms in total. The van der Waals surface area contributed by atoms with Gasteiger partial charge in [-0.05, 0) is 29.7 Å². The van der Waals surface area contributed by atoms with E-state index in [9.17, 15) is 15.0 Å². The number of carboxylic acid groups (broad SMARTS) is 1. The summed E-state index contributed by atoms with van der Waals surface area (Å²) in [6.45, 7) is 0.389. The Morgan fingerprint density at radius 1 is 1.27 bits per heavy atom. The fraction of sp³-hybridized carbons (Fsp3) is 0.300. The lowest BCUT2D eigenvalue weighted by Gasteiger charge is -2.23. The van der Waals surface area contributed by atoms with Gasteiger partial charge in [0.15, 0.2) is 11.5 Å². The number of aliphatic carboxylic acids is 1. The molecular weight excluding hydrogens is 198 g/mol. The van der Waals surface area contributed by atoms with Gasteiger partial charge in [-0.25, -0.2) is 0 Å². The van der Waals surface area contributed by atoms with Crippen LogP contribution in [-0.2, 0) is 17.8 Å². The van der Waals surface area contributed by atoms with Crippen molar-refractivity contribution in [2.24, 2.45) is 0 Å². The van der Waals surface area contributed by atoms with Crippen molar-refractivity contribution in [2.75, 3.05) is 0 Å². The molecule has 0 aliphatic carbocycles. The Bertz CT molecular complexity index is 416. The molecule has 0 saturated heterocycles. The van der Waals surface area contributed by atoms with Gasteiger partial charge in [-0.15, -0.1) is 0 Å². The molecule has 2 rings (SSSR count). The maximum Gasteiger partial charge on any atom is 0.321 e. The predicted octanol–water partition coefficient (Wildman–Crippen LogP) is 0.197. The molecule has 0 radical (unpaired) electrons. The molecule has 80 valence electrons. The monoisotopic (exact) mass is 209 g/mol. The molecule has 0 saturated carbocycles. The molecule has 0 aromatic heterocycles. The number of carbonyl (C=O) groups is 1. The van der Waals surface area contributed by atoms with Crippen LogP contribution >= 0.6 is 0 Å². The summed E-state index contributed by atoms with van der Waals surface area (Å²) in [4.78, 5) is 10.7. The molecule has 0 amide bonds. The summed E-state index contributed by atoms with van der Waals surface area (Å²) in [5, 5.41) is 30.2. The standard InChI is InChI=1S/C10H11NO4/c12-8-2-5-1-7(10(14)15)11-4-6(5)3-9(8)13/h2-3,7,11-13H,1,4H2,(H,14,15)/t7-/m1/s1. The Balaban J connectivity index is 2.34. The molecule has 1 aromatic carbocycles. The second kappa shape index (κ2) is 3.43. The molecule has 0 fully saturated rings. The van der Waals surface area contributed by atoms with Crippen LogP contribution in [-0.4, -0.2) is 27.3 Å². The maximum absolute atomic E-state index is 10.7.